The van der Waals surface area contributed by atoms with E-state index in [1.54, 1.807) is 0 Å². The highest BCUT2D eigenvalue weighted by Crippen LogP contribution is 2.29. The molecule has 3 heteroatoms. The maximum absolute atomic E-state index is 10.2. The minimum Gasteiger partial charge on any atom is -0.508 e. The Hall–Kier alpha value is -2.00. The summed E-state index contributed by atoms with van der Waals surface area (Å²) in [6, 6.07) is 16.3. The van der Waals surface area contributed by atoms with E-state index in [1.807, 2.05) is 43.3 Å². The Bertz CT molecular complexity index is 579. The van der Waals surface area contributed by atoms with Gasteiger partial charge in [-0.05, 0) is 32.4 Å². The first-order valence-electron chi connectivity index (χ1n) is 7.38. The van der Waals surface area contributed by atoms with E-state index in [-0.39, 0.29) is 11.8 Å². The molecule has 0 saturated heterocycles. The zero-order valence-corrected chi connectivity index (χ0v) is 13.0. The number of hydrogen-bond donors (Lipinski definition) is 2. The van der Waals surface area contributed by atoms with Gasteiger partial charge in [0.2, 0.25) is 0 Å². The highest BCUT2D eigenvalue weighted by molar-refractivity contribution is 5.54. The maximum Gasteiger partial charge on any atom is 0.122 e. The summed E-state index contributed by atoms with van der Waals surface area (Å²) in [7, 11) is 0. The molecule has 1 unspecified atom stereocenters. The number of phenols is 1. The Morgan fingerprint density at radius 2 is 1.71 bits per heavy atom. The smallest absolute Gasteiger partial charge is 0.122 e. The second-order valence-corrected chi connectivity index (χ2v) is 5.74. The summed E-state index contributed by atoms with van der Waals surface area (Å²) < 4.78 is 0. The summed E-state index contributed by atoms with van der Waals surface area (Å²) in [5.41, 5.74) is 8.89. The van der Waals surface area contributed by atoms with Crippen molar-refractivity contribution in [1.29, 1.82) is 0 Å². The predicted molar refractivity (Wildman–Crippen MR) is 88.5 cm³/mol. The van der Waals surface area contributed by atoms with Gasteiger partial charge in [0.05, 0.1) is 0 Å². The molecule has 1 atom stereocenters. The summed E-state index contributed by atoms with van der Waals surface area (Å²) in [4.78, 5) is 2.26. The van der Waals surface area contributed by atoms with Crippen LogP contribution in [0.25, 0.3) is 0 Å². The van der Waals surface area contributed by atoms with Crippen LogP contribution < -0.4 is 10.6 Å². The maximum atomic E-state index is 10.2. The van der Waals surface area contributed by atoms with E-state index in [0.29, 0.717) is 6.04 Å². The molecule has 2 rings (SSSR count). The Balaban J connectivity index is 2.28. The lowest BCUT2D eigenvalue weighted by molar-refractivity contribution is 0.463. The molecule has 0 spiro atoms. The SMILES string of the molecule is CC(N)c1ccc(N(Cc2ccccc2)C(C)C)cc1O. The van der Waals surface area contributed by atoms with Gasteiger partial charge < -0.3 is 15.7 Å². The molecule has 0 aliphatic carbocycles. The minimum atomic E-state index is -0.166. The molecule has 0 heterocycles. The highest BCUT2D eigenvalue weighted by atomic mass is 16.3. The van der Waals surface area contributed by atoms with Crippen LogP contribution in [0.15, 0.2) is 48.5 Å². The number of nitrogens with two attached hydrogens (primary N) is 1. The van der Waals surface area contributed by atoms with Crippen LogP contribution in [-0.4, -0.2) is 11.1 Å². The van der Waals surface area contributed by atoms with E-state index in [4.69, 9.17) is 5.73 Å². The van der Waals surface area contributed by atoms with Crippen molar-refractivity contribution in [3.8, 4) is 5.75 Å². The number of aromatic hydroxyl groups is 1. The molecule has 112 valence electrons. The number of phenolic OH excluding ortho intramolecular Hbond substituents is 1. The molecule has 2 aromatic carbocycles. The van der Waals surface area contributed by atoms with Gasteiger partial charge in [0.25, 0.3) is 0 Å². The second-order valence-electron chi connectivity index (χ2n) is 5.74. The fraction of sp³-hybridized carbons (Fsp3) is 0.333. The van der Waals surface area contributed by atoms with Crippen LogP contribution in [0.5, 0.6) is 5.75 Å². The van der Waals surface area contributed by atoms with E-state index < -0.39 is 0 Å². The molecule has 0 aromatic heterocycles. The van der Waals surface area contributed by atoms with E-state index in [9.17, 15) is 5.11 Å². The van der Waals surface area contributed by atoms with Crippen LogP contribution in [0.3, 0.4) is 0 Å². The molecule has 0 aliphatic heterocycles. The van der Waals surface area contributed by atoms with Crippen molar-refractivity contribution < 1.29 is 5.11 Å². The molecule has 3 nitrogen and oxygen atoms in total. The monoisotopic (exact) mass is 284 g/mol. The Morgan fingerprint density at radius 3 is 2.24 bits per heavy atom. The van der Waals surface area contributed by atoms with Crippen LogP contribution >= 0.6 is 0 Å². The summed E-state index contributed by atoms with van der Waals surface area (Å²) in [5.74, 6) is 0.265. The Kier molecular flexibility index (Phi) is 4.86. The topological polar surface area (TPSA) is 49.5 Å². The van der Waals surface area contributed by atoms with E-state index in [0.717, 1.165) is 17.8 Å². The van der Waals surface area contributed by atoms with Gasteiger partial charge in [0.15, 0.2) is 0 Å². The normalized spacial score (nSPS) is 12.4. The standard InChI is InChI=1S/C18H24N2O/c1-13(2)20(12-15-7-5-4-6-8-15)16-9-10-17(14(3)19)18(21)11-16/h4-11,13-14,21H,12,19H2,1-3H3. The van der Waals surface area contributed by atoms with Crippen molar-refractivity contribution in [3.05, 3.63) is 59.7 Å². The average Bonchev–Trinajstić information content (AvgIpc) is 2.45. The van der Waals surface area contributed by atoms with Crippen LogP contribution in [-0.2, 0) is 6.54 Å². The second kappa shape index (κ2) is 6.64. The zero-order chi connectivity index (χ0) is 15.4. The zero-order valence-electron chi connectivity index (χ0n) is 13.0. The van der Waals surface area contributed by atoms with Crippen molar-refractivity contribution in [3.63, 3.8) is 0 Å². The van der Waals surface area contributed by atoms with Gasteiger partial charge in [-0.25, -0.2) is 0 Å². The quantitative estimate of drug-likeness (QED) is 0.877. The highest BCUT2D eigenvalue weighted by Gasteiger charge is 2.14. The molecule has 0 amide bonds. The van der Waals surface area contributed by atoms with Gasteiger partial charge in [-0.15, -0.1) is 0 Å². The van der Waals surface area contributed by atoms with Crippen LogP contribution in [0.1, 0.15) is 37.9 Å². The van der Waals surface area contributed by atoms with Gasteiger partial charge in [-0.1, -0.05) is 36.4 Å². The van der Waals surface area contributed by atoms with Gasteiger partial charge in [0, 0.05) is 35.9 Å². The first-order valence-corrected chi connectivity index (χ1v) is 7.38. The summed E-state index contributed by atoms with van der Waals surface area (Å²) in [6.45, 7) is 6.99. The largest absolute Gasteiger partial charge is 0.508 e. The van der Waals surface area contributed by atoms with Crippen LogP contribution in [0.4, 0.5) is 5.69 Å². The van der Waals surface area contributed by atoms with Crippen LogP contribution in [0.2, 0.25) is 0 Å². The number of nitrogens with zero attached hydrogens (tertiary/aromatic N) is 1. The molecule has 0 aliphatic rings. The number of benzene rings is 2. The van der Waals surface area contributed by atoms with Gasteiger partial charge in [-0.2, -0.15) is 0 Å². The number of rotatable bonds is 5. The fourth-order valence-corrected chi connectivity index (χ4v) is 2.45. The predicted octanol–water partition coefficient (Wildman–Crippen LogP) is 3.83. The van der Waals surface area contributed by atoms with Gasteiger partial charge >= 0.3 is 0 Å². The lowest BCUT2D eigenvalue weighted by Crippen LogP contribution is -2.30. The van der Waals surface area contributed by atoms with Crippen molar-refractivity contribution in [2.45, 2.75) is 39.4 Å². The lowest BCUT2D eigenvalue weighted by atomic mass is 10.1. The lowest BCUT2D eigenvalue weighted by Gasteiger charge is -2.29. The first-order chi connectivity index (χ1) is 9.99. The van der Waals surface area contributed by atoms with Crippen molar-refractivity contribution in [2.24, 2.45) is 5.73 Å². The van der Waals surface area contributed by atoms with Gasteiger partial charge in [0.1, 0.15) is 5.75 Å². The Morgan fingerprint density at radius 1 is 1.05 bits per heavy atom. The third-order valence-electron chi connectivity index (χ3n) is 3.66. The van der Waals surface area contributed by atoms with Crippen LogP contribution in [0, 0.1) is 0 Å². The van der Waals surface area contributed by atoms with Crippen molar-refractivity contribution in [2.75, 3.05) is 4.90 Å². The summed E-state index contributed by atoms with van der Waals surface area (Å²) in [6.07, 6.45) is 0. The minimum absolute atomic E-state index is 0.166. The molecule has 0 saturated carbocycles. The number of anilines is 1. The van der Waals surface area contributed by atoms with E-state index >= 15 is 0 Å². The summed E-state index contributed by atoms with van der Waals surface area (Å²) in [5, 5.41) is 10.2. The molecule has 0 bridgehead atoms. The third kappa shape index (κ3) is 3.76. The molecule has 21 heavy (non-hydrogen) atoms. The number of hydrogen-bond acceptors (Lipinski definition) is 3. The third-order valence-corrected chi connectivity index (χ3v) is 3.66. The van der Waals surface area contributed by atoms with Gasteiger partial charge in [-0.3, -0.25) is 0 Å². The molecule has 3 N–H and O–H groups in total. The van der Waals surface area contributed by atoms with E-state index in [2.05, 4.69) is 30.9 Å². The van der Waals surface area contributed by atoms with E-state index in [1.165, 1.54) is 5.56 Å². The van der Waals surface area contributed by atoms with Crippen molar-refractivity contribution in [1.82, 2.24) is 0 Å². The van der Waals surface area contributed by atoms with Crippen molar-refractivity contribution >= 4 is 5.69 Å². The molecular formula is C18H24N2O. The average molecular weight is 284 g/mol. The molecule has 0 fully saturated rings. The molecule has 0 radical (unpaired) electrons. The molecular weight excluding hydrogens is 260 g/mol. The summed E-state index contributed by atoms with van der Waals surface area (Å²) >= 11 is 0. The molecule has 2 aromatic rings. The Labute approximate surface area is 127 Å². The first kappa shape index (κ1) is 15.4. The fourth-order valence-electron chi connectivity index (χ4n) is 2.45.